The van der Waals surface area contributed by atoms with E-state index in [2.05, 4.69) is 10.2 Å². The number of hydrogen-bond acceptors (Lipinski definition) is 4. The zero-order valence-electron chi connectivity index (χ0n) is 12.1. The molecule has 2 aromatic heterocycles. The summed E-state index contributed by atoms with van der Waals surface area (Å²) in [4.78, 5) is 15.8. The molecule has 0 aliphatic carbocycles. The van der Waals surface area contributed by atoms with Gasteiger partial charge in [-0.25, -0.2) is 4.98 Å². The molecule has 0 N–H and O–H groups in total. The highest BCUT2D eigenvalue weighted by atomic mass is 16.5. The summed E-state index contributed by atoms with van der Waals surface area (Å²) in [5.74, 6) is 1.12. The van der Waals surface area contributed by atoms with Gasteiger partial charge in [0.15, 0.2) is 0 Å². The summed E-state index contributed by atoms with van der Waals surface area (Å²) in [7, 11) is 1.63. The Kier molecular flexibility index (Phi) is 3.17. The van der Waals surface area contributed by atoms with Crippen molar-refractivity contribution in [2.24, 2.45) is 5.18 Å². The Labute approximate surface area is 122 Å². The Balaban J connectivity index is 2.24. The second-order valence-electron chi connectivity index (χ2n) is 4.99. The van der Waals surface area contributed by atoms with Gasteiger partial charge in [0.1, 0.15) is 17.1 Å². The average Bonchev–Trinajstić information content (AvgIpc) is 2.84. The summed E-state index contributed by atoms with van der Waals surface area (Å²) in [6.45, 7) is 3.92. The van der Waals surface area contributed by atoms with E-state index in [1.54, 1.807) is 11.5 Å². The molecule has 0 atom stereocenters. The van der Waals surface area contributed by atoms with Crippen molar-refractivity contribution in [3.8, 4) is 17.0 Å². The van der Waals surface area contributed by atoms with Gasteiger partial charge < -0.3 is 4.74 Å². The molecule has 21 heavy (non-hydrogen) atoms. The smallest absolute Gasteiger partial charge is 0.209 e. The molecule has 0 radical (unpaired) electrons. The van der Waals surface area contributed by atoms with Crippen LogP contribution < -0.4 is 4.74 Å². The highest BCUT2D eigenvalue weighted by Crippen LogP contribution is 2.33. The molecule has 0 saturated carbocycles. The predicted molar refractivity (Wildman–Crippen MR) is 82.1 cm³/mol. The highest BCUT2D eigenvalue weighted by Gasteiger charge is 2.15. The maximum absolute atomic E-state index is 11.3. The van der Waals surface area contributed by atoms with Gasteiger partial charge in [0.25, 0.3) is 0 Å². The summed E-state index contributed by atoms with van der Waals surface area (Å²) in [6, 6.07) is 9.54. The van der Waals surface area contributed by atoms with Crippen LogP contribution in [0.5, 0.6) is 5.75 Å². The van der Waals surface area contributed by atoms with E-state index in [-0.39, 0.29) is 0 Å². The van der Waals surface area contributed by atoms with E-state index in [0.717, 1.165) is 22.4 Å². The minimum atomic E-state index is 0.318. The Morgan fingerprint density at radius 2 is 2.00 bits per heavy atom. The van der Waals surface area contributed by atoms with Crippen LogP contribution in [0.2, 0.25) is 0 Å². The lowest BCUT2D eigenvalue weighted by Crippen LogP contribution is -1.88. The lowest BCUT2D eigenvalue weighted by Gasteiger charge is -2.06. The van der Waals surface area contributed by atoms with Gasteiger partial charge >= 0.3 is 0 Å². The predicted octanol–water partition coefficient (Wildman–Crippen LogP) is 4.02. The van der Waals surface area contributed by atoms with Crippen LogP contribution in [0.1, 0.15) is 11.1 Å². The molecule has 0 saturated heterocycles. The van der Waals surface area contributed by atoms with Gasteiger partial charge in [0.2, 0.25) is 5.82 Å². The van der Waals surface area contributed by atoms with Gasteiger partial charge in [-0.05, 0) is 54.4 Å². The van der Waals surface area contributed by atoms with Gasteiger partial charge in [0.05, 0.1) is 7.11 Å². The maximum Gasteiger partial charge on any atom is 0.209 e. The molecule has 5 nitrogen and oxygen atoms in total. The van der Waals surface area contributed by atoms with Crippen LogP contribution in [0.3, 0.4) is 0 Å². The molecular weight excluding hydrogens is 266 g/mol. The van der Waals surface area contributed by atoms with Crippen molar-refractivity contribution in [3.63, 3.8) is 0 Å². The zero-order chi connectivity index (χ0) is 15.0. The fraction of sp³-hybridized carbons (Fsp3) is 0.188. The Morgan fingerprint density at radius 1 is 1.19 bits per heavy atom. The van der Waals surface area contributed by atoms with E-state index in [9.17, 15) is 4.91 Å². The normalized spacial score (nSPS) is 10.8. The van der Waals surface area contributed by atoms with E-state index in [4.69, 9.17) is 4.74 Å². The summed E-state index contributed by atoms with van der Waals surface area (Å²) in [5, 5.41) is 3.17. The van der Waals surface area contributed by atoms with Crippen molar-refractivity contribution in [3.05, 3.63) is 52.6 Å². The molecule has 3 rings (SSSR count). The van der Waals surface area contributed by atoms with Gasteiger partial charge in [-0.2, -0.15) is 0 Å². The number of nitroso groups, excluding NO2 is 1. The summed E-state index contributed by atoms with van der Waals surface area (Å²) < 4.78 is 6.98. The van der Waals surface area contributed by atoms with Crippen LogP contribution in [0.15, 0.2) is 41.7 Å². The third-order valence-electron chi connectivity index (χ3n) is 3.50. The number of ether oxygens (including phenoxy) is 1. The number of hydrogen-bond donors (Lipinski definition) is 0. The number of imidazole rings is 1. The molecular formula is C16H15N3O2. The van der Waals surface area contributed by atoms with Gasteiger partial charge in [-0.3, -0.25) is 4.40 Å². The van der Waals surface area contributed by atoms with E-state index in [1.807, 2.05) is 50.4 Å². The average molecular weight is 281 g/mol. The molecule has 106 valence electrons. The highest BCUT2D eigenvalue weighted by molar-refractivity contribution is 5.75. The molecule has 1 aromatic carbocycles. The molecule has 0 fully saturated rings. The molecule has 0 spiro atoms. The van der Waals surface area contributed by atoms with Crippen molar-refractivity contribution in [2.75, 3.05) is 7.11 Å². The van der Waals surface area contributed by atoms with Gasteiger partial charge in [-0.1, -0.05) is 6.07 Å². The number of aryl methyl sites for hydroxylation is 2. The molecule has 0 aliphatic heterocycles. The lowest BCUT2D eigenvalue weighted by atomic mass is 10.1. The first-order valence-corrected chi connectivity index (χ1v) is 6.61. The van der Waals surface area contributed by atoms with Crippen LogP contribution in [-0.4, -0.2) is 16.5 Å². The van der Waals surface area contributed by atoms with Crippen molar-refractivity contribution < 1.29 is 4.74 Å². The van der Waals surface area contributed by atoms with Crippen LogP contribution in [0.25, 0.3) is 16.9 Å². The fourth-order valence-electron chi connectivity index (χ4n) is 2.45. The number of fused-ring (bicyclic) bond motifs is 1. The van der Waals surface area contributed by atoms with Crippen LogP contribution in [-0.2, 0) is 0 Å². The standard InChI is InChI=1S/C16H15N3O2/c1-10-4-7-14-17-15(16(18-20)19(14)9-10)12-5-6-13(21-3)11(2)8-12/h4-9H,1-3H3. The first-order valence-electron chi connectivity index (χ1n) is 6.61. The number of methoxy groups -OCH3 is 1. The fourth-order valence-corrected chi connectivity index (χ4v) is 2.45. The molecule has 2 heterocycles. The molecule has 0 bridgehead atoms. The minimum Gasteiger partial charge on any atom is -0.496 e. The van der Waals surface area contributed by atoms with E-state index >= 15 is 0 Å². The van der Waals surface area contributed by atoms with E-state index in [1.165, 1.54) is 0 Å². The van der Waals surface area contributed by atoms with Crippen LogP contribution in [0.4, 0.5) is 5.82 Å². The summed E-state index contributed by atoms with van der Waals surface area (Å²) >= 11 is 0. The molecule has 5 heteroatoms. The largest absolute Gasteiger partial charge is 0.496 e. The van der Waals surface area contributed by atoms with Gasteiger partial charge in [-0.15, -0.1) is 4.91 Å². The van der Waals surface area contributed by atoms with E-state index in [0.29, 0.717) is 17.2 Å². The van der Waals surface area contributed by atoms with E-state index < -0.39 is 0 Å². The second-order valence-corrected chi connectivity index (χ2v) is 4.99. The van der Waals surface area contributed by atoms with Crippen LogP contribution in [0, 0.1) is 18.8 Å². The number of aromatic nitrogens is 2. The number of benzene rings is 1. The first-order chi connectivity index (χ1) is 10.1. The molecule has 0 aliphatic rings. The number of nitrogens with zero attached hydrogens (tertiary/aromatic N) is 3. The maximum atomic E-state index is 11.3. The minimum absolute atomic E-state index is 0.318. The quantitative estimate of drug-likeness (QED) is 0.681. The van der Waals surface area contributed by atoms with Crippen molar-refractivity contribution in [1.82, 2.24) is 9.38 Å². The lowest BCUT2D eigenvalue weighted by molar-refractivity contribution is 0.412. The van der Waals surface area contributed by atoms with Gasteiger partial charge in [0, 0.05) is 11.8 Å². The third kappa shape index (κ3) is 2.16. The first kappa shape index (κ1) is 13.3. The second kappa shape index (κ2) is 5.01. The Bertz CT molecular complexity index is 837. The SMILES string of the molecule is COc1ccc(-c2nc3ccc(C)cn3c2N=O)cc1C. The van der Waals surface area contributed by atoms with Crippen LogP contribution >= 0.6 is 0 Å². The molecule has 3 aromatic rings. The number of pyridine rings is 1. The van der Waals surface area contributed by atoms with Crippen molar-refractivity contribution >= 4 is 11.5 Å². The Hall–Kier alpha value is -2.69. The zero-order valence-corrected chi connectivity index (χ0v) is 12.1. The molecule has 0 amide bonds. The topological polar surface area (TPSA) is 56.0 Å². The van der Waals surface area contributed by atoms with Crippen molar-refractivity contribution in [1.29, 1.82) is 0 Å². The third-order valence-corrected chi connectivity index (χ3v) is 3.50. The molecule has 0 unspecified atom stereocenters. The monoisotopic (exact) mass is 281 g/mol. The summed E-state index contributed by atoms with van der Waals surface area (Å²) in [6.07, 6.45) is 1.86. The van der Waals surface area contributed by atoms with Crippen molar-refractivity contribution in [2.45, 2.75) is 13.8 Å². The number of rotatable bonds is 3. The Morgan fingerprint density at radius 3 is 2.67 bits per heavy atom. The summed E-state index contributed by atoms with van der Waals surface area (Å²) in [5.41, 5.74) is 4.17.